The lowest BCUT2D eigenvalue weighted by Gasteiger charge is -2.17. The van der Waals surface area contributed by atoms with E-state index in [1.165, 1.54) is 0 Å². The van der Waals surface area contributed by atoms with E-state index < -0.39 is 0 Å². The molecule has 3 aromatic heterocycles. The summed E-state index contributed by atoms with van der Waals surface area (Å²) in [5.74, 6) is 1.26. The van der Waals surface area contributed by atoms with Crippen LogP contribution in [0.4, 0.5) is 5.82 Å². The number of aromatic nitrogens is 6. The highest BCUT2D eigenvalue weighted by Crippen LogP contribution is 2.33. The summed E-state index contributed by atoms with van der Waals surface area (Å²) in [6.07, 6.45) is 0.639. The minimum Gasteiger partial charge on any atom is -0.384 e. The first-order chi connectivity index (χ1) is 16.6. The quantitative estimate of drug-likeness (QED) is 0.311. The number of fused-ring (bicyclic) bond motifs is 2. The highest BCUT2D eigenvalue weighted by atomic mass is 35.5. The van der Waals surface area contributed by atoms with E-state index in [0.29, 0.717) is 23.4 Å². The highest BCUT2D eigenvalue weighted by molar-refractivity contribution is 6.30. The van der Waals surface area contributed by atoms with E-state index in [-0.39, 0.29) is 5.92 Å². The fraction of sp³-hybridized carbons (Fsp3) is 0.0769. The molecule has 0 amide bonds. The molecule has 0 bridgehead atoms. The lowest BCUT2D eigenvalue weighted by Crippen LogP contribution is -2.08. The molecule has 0 saturated heterocycles. The molecule has 7 nitrogen and oxygen atoms in total. The van der Waals surface area contributed by atoms with Gasteiger partial charge in [0, 0.05) is 17.4 Å². The van der Waals surface area contributed by atoms with Crippen LogP contribution in [-0.4, -0.2) is 30.4 Å². The summed E-state index contributed by atoms with van der Waals surface area (Å²) in [5, 5.41) is 11.9. The highest BCUT2D eigenvalue weighted by Gasteiger charge is 2.22. The fourth-order valence-corrected chi connectivity index (χ4v) is 4.54. The minimum absolute atomic E-state index is 0.0320. The van der Waals surface area contributed by atoms with E-state index in [2.05, 4.69) is 49.6 Å². The van der Waals surface area contributed by atoms with Gasteiger partial charge in [0.25, 0.3) is 0 Å². The molecule has 0 aliphatic heterocycles. The van der Waals surface area contributed by atoms with Gasteiger partial charge in [0.15, 0.2) is 0 Å². The number of benzene rings is 3. The van der Waals surface area contributed by atoms with E-state index in [1.54, 1.807) is 0 Å². The molecule has 6 rings (SSSR count). The largest absolute Gasteiger partial charge is 0.384 e. The van der Waals surface area contributed by atoms with Gasteiger partial charge in [-0.15, -0.1) is 5.10 Å². The van der Waals surface area contributed by atoms with Crippen LogP contribution < -0.4 is 5.73 Å². The standard InChI is InChI=1S/C26H20ClN7/c27-18-9-6-15(7-10-18)17-8-11-21-22(12-17)30-24(29-21)14-19(16-4-2-1-3-5-16)20-13-23(28)31-26-25(20)32-34-33-26/h1-13,19H,14H2,(H,29,30)(H3,28,31,32,33,34)/t19-/m1/s1. The van der Waals surface area contributed by atoms with Crippen LogP contribution in [0.15, 0.2) is 78.9 Å². The summed E-state index contributed by atoms with van der Waals surface area (Å²) in [4.78, 5) is 12.7. The molecule has 166 valence electrons. The van der Waals surface area contributed by atoms with Gasteiger partial charge >= 0.3 is 0 Å². The van der Waals surface area contributed by atoms with Crippen LogP contribution in [0.1, 0.15) is 22.9 Å². The number of nitrogens with two attached hydrogens (primary N) is 1. The van der Waals surface area contributed by atoms with Crippen LogP contribution in [0.25, 0.3) is 33.3 Å². The van der Waals surface area contributed by atoms with Crippen LogP contribution >= 0.6 is 11.6 Å². The van der Waals surface area contributed by atoms with Gasteiger partial charge in [-0.1, -0.05) is 60.1 Å². The van der Waals surface area contributed by atoms with Gasteiger partial charge in [-0.05, 0) is 52.6 Å². The topological polar surface area (TPSA) is 109 Å². The van der Waals surface area contributed by atoms with E-state index in [4.69, 9.17) is 22.3 Å². The maximum Gasteiger partial charge on any atom is 0.203 e. The SMILES string of the molecule is Nc1cc([C@H](Cc2nc3ccc(-c4ccc(Cl)cc4)cc3[nH]2)c2ccccc2)c2n[nH]nc2n1. The molecule has 0 unspecified atom stereocenters. The third kappa shape index (κ3) is 3.76. The average molecular weight is 466 g/mol. The number of hydrogen-bond acceptors (Lipinski definition) is 5. The number of rotatable bonds is 5. The smallest absolute Gasteiger partial charge is 0.203 e. The maximum absolute atomic E-state index is 6.11. The second-order valence-corrected chi connectivity index (χ2v) is 8.66. The number of hydrogen-bond donors (Lipinski definition) is 3. The van der Waals surface area contributed by atoms with Crippen molar-refractivity contribution in [3.05, 3.63) is 101 Å². The Morgan fingerprint density at radius 2 is 1.65 bits per heavy atom. The van der Waals surface area contributed by atoms with E-state index in [0.717, 1.165) is 44.1 Å². The average Bonchev–Trinajstić information content (AvgIpc) is 3.49. The number of halogens is 1. The van der Waals surface area contributed by atoms with Gasteiger partial charge in [0.2, 0.25) is 5.65 Å². The zero-order valence-electron chi connectivity index (χ0n) is 18.0. The Bertz CT molecular complexity index is 1600. The number of nitrogens with zero attached hydrogens (tertiary/aromatic N) is 4. The molecule has 0 saturated carbocycles. The van der Waals surface area contributed by atoms with Crippen LogP contribution in [0.3, 0.4) is 0 Å². The number of nitrogens with one attached hydrogen (secondary N) is 2. The summed E-state index contributed by atoms with van der Waals surface area (Å²) in [6.45, 7) is 0. The van der Waals surface area contributed by atoms with Crippen molar-refractivity contribution in [1.29, 1.82) is 0 Å². The lowest BCUT2D eigenvalue weighted by molar-refractivity contribution is 0.771. The van der Waals surface area contributed by atoms with Crippen LogP contribution in [-0.2, 0) is 6.42 Å². The molecule has 4 N–H and O–H groups in total. The van der Waals surface area contributed by atoms with Crippen LogP contribution in [0, 0.1) is 0 Å². The fourth-order valence-electron chi connectivity index (χ4n) is 4.41. The molecule has 0 aliphatic rings. The summed E-state index contributed by atoms with van der Waals surface area (Å²) >= 11 is 6.05. The predicted molar refractivity (Wildman–Crippen MR) is 135 cm³/mol. The summed E-state index contributed by atoms with van der Waals surface area (Å²) < 4.78 is 0. The Morgan fingerprint density at radius 1 is 0.853 bits per heavy atom. The Morgan fingerprint density at radius 3 is 2.47 bits per heavy atom. The Kier molecular flexibility index (Phi) is 4.96. The monoisotopic (exact) mass is 465 g/mol. The molecule has 0 fully saturated rings. The maximum atomic E-state index is 6.11. The first-order valence-corrected chi connectivity index (χ1v) is 11.3. The first kappa shape index (κ1) is 20.4. The molecule has 0 spiro atoms. The number of pyridine rings is 1. The number of anilines is 1. The Hall–Kier alpha value is -4.23. The Labute approximate surface area is 200 Å². The zero-order chi connectivity index (χ0) is 23.1. The number of imidazole rings is 1. The summed E-state index contributed by atoms with van der Waals surface area (Å²) in [7, 11) is 0. The molecular weight excluding hydrogens is 446 g/mol. The van der Waals surface area contributed by atoms with Gasteiger partial charge < -0.3 is 10.7 Å². The summed E-state index contributed by atoms with van der Waals surface area (Å²) in [6, 6.07) is 26.2. The van der Waals surface area contributed by atoms with E-state index >= 15 is 0 Å². The van der Waals surface area contributed by atoms with Crippen LogP contribution in [0.2, 0.25) is 5.02 Å². The van der Waals surface area contributed by atoms with E-state index in [1.807, 2.05) is 54.6 Å². The van der Waals surface area contributed by atoms with Gasteiger partial charge in [-0.3, -0.25) is 0 Å². The van der Waals surface area contributed by atoms with Crippen molar-refractivity contribution in [3.63, 3.8) is 0 Å². The van der Waals surface area contributed by atoms with Gasteiger partial charge in [-0.25, -0.2) is 9.97 Å². The molecular formula is C26H20ClN7. The lowest BCUT2D eigenvalue weighted by atomic mass is 9.88. The number of nitrogen functional groups attached to an aromatic ring is 1. The van der Waals surface area contributed by atoms with Crippen molar-refractivity contribution in [2.75, 3.05) is 5.73 Å². The predicted octanol–water partition coefficient (Wildman–Crippen LogP) is 5.51. The van der Waals surface area contributed by atoms with Gasteiger partial charge in [-0.2, -0.15) is 10.3 Å². The zero-order valence-corrected chi connectivity index (χ0v) is 18.8. The summed E-state index contributed by atoms with van der Waals surface area (Å²) in [5.41, 5.74) is 13.5. The normalized spacial score (nSPS) is 12.4. The molecule has 0 radical (unpaired) electrons. The van der Waals surface area contributed by atoms with Gasteiger partial charge in [0.1, 0.15) is 17.2 Å². The number of H-pyrrole nitrogens is 2. The Balaban J connectivity index is 1.42. The second-order valence-electron chi connectivity index (χ2n) is 8.22. The molecule has 1 atom stereocenters. The van der Waals surface area contributed by atoms with Crippen molar-refractivity contribution in [2.45, 2.75) is 12.3 Å². The second kappa shape index (κ2) is 8.28. The number of aromatic amines is 2. The molecule has 6 aromatic rings. The van der Waals surface area contributed by atoms with Crippen molar-refractivity contribution in [3.8, 4) is 11.1 Å². The molecule has 3 aromatic carbocycles. The first-order valence-electron chi connectivity index (χ1n) is 10.9. The van der Waals surface area contributed by atoms with Crippen molar-refractivity contribution in [1.82, 2.24) is 30.4 Å². The molecule has 3 heterocycles. The van der Waals surface area contributed by atoms with Crippen molar-refractivity contribution < 1.29 is 0 Å². The molecule has 8 heteroatoms. The third-order valence-electron chi connectivity index (χ3n) is 6.02. The molecule has 0 aliphatic carbocycles. The third-order valence-corrected chi connectivity index (χ3v) is 6.28. The van der Waals surface area contributed by atoms with Crippen LogP contribution in [0.5, 0.6) is 0 Å². The molecule has 34 heavy (non-hydrogen) atoms. The minimum atomic E-state index is -0.0320. The van der Waals surface area contributed by atoms with Gasteiger partial charge in [0.05, 0.1) is 11.0 Å². The van der Waals surface area contributed by atoms with Crippen molar-refractivity contribution in [2.24, 2.45) is 0 Å². The van der Waals surface area contributed by atoms with Crippen molar-refractivity contribution >= 4 is 39.6 Å². The van der Waals surface area contributed by atoms with E-state index in [9.17, 15) is 0 Å².